The number of carbonyl (C=O) groups is 2. The number of carbonyl (C=O) groups excluding carboxylic acids is 2. The first-order chi connectivity index (χ1) is 14.9. The molecule has 0 radical (unpaired) electrons. The molecule has 2 N–H and O–H groups in total. The van der Waals surface area contributed by atoms with Crippen molar-refractivity contribution in [1.29, 1.82) is 0 Å². The van der Waals surface area contributed by atoms with Crippen LogP contribution in [0.1, 0.15) is 77.0 Å². The van der Waals surface area contributed by atoms with Crippen molar-refractivity contribution in [3.05, 3.63) is 0 Å². The Balaban J connectivity index is 1.34. The molecule has 0 atom stereocenters. The monoisotopic (exact) mass is 478 g/mol. The second kappa shape index (κ2) is 10.8. The zero-order chi connectivity index (χ0) is 23.5. The molecule has 6 heteroatoms. The lowest BCUT2D eigenvalue weighted by Gasteiger charge is -2.37. The van der Waals surface area contributed by atoms with E-state index >= 15 is 0 Å². The summed E-state index contributed by atoms with van der Waals surface area (Å²) in [4.78, 5) is 25.6. The Morgan fingerprint density at radius 1 is 0.500 bits per heavy atom. The Hall–Kier alpha value is -0.626. The fourth-order valence-electron chi connectivity index (χ4n) is 6.46. The molecule has 0 spiro atoms. The van der Waals surface area contributed by atoms with Crippen LogP contribution in [0.4, 0.5) is 0 Å². The third kappa shape index (κ3) is 7.18. The van der Waals surface area contributed by atoms with Crippen LogP contribution in [0.5, 0.6) is 0 Å². The van der Waals surface area contributed by atoms with Crippen LogP contribution < -0.4 is 10.6 Å². The lowest BCUT2D eigenvalue weighted by molar-refractivity contribution is -0.128. The highest BCUT2D eigenvalue weighted by molar-refractivity contribution is 6.77. The van der Waals surface area contributed by atoms with Gasteiger partial charge in [-0.25, -0.2) is 0 Å². The highest BCUT2D eigenvalue weighted by atomic mass is 28.3. The van der Waals surface area contributed by atoms with Gasteiger partial charge in [-0.1, -0.05) is 65.0 Å². The molecule has 3 aliphatic carbocycles. The van der Waals surface area contributed by atoms with Gasteiger partial charge >= 0.3 is 0 Å². The van der Waals surface area contributed by atoms with Gasteiger partial charge in [-0.05, 0) is 62.4 Å². The Labute approximate surface area is 199 Å². The van der Waals surface area contributed by atoms with E-state index in [1.54, 1.807) is 0 Å². The number of hydrogen-bond acceptors (Lipinski definition) is 2. The fourth-order valence-corrected chi connectivity index (χ4v) is 10.6. The van der Waals surface area contributed by atoms with E-state index in [2.05, 4.69) is 49.9 Å². The molecule has 3 fully saturated rings. The molecule has 0 saturated heterocycles. The van der Waals surface area contributed by atoms with Crippen LogP contribution >= 0.6 is 0 Å². The van der Waals surface area contributed by atoms with Gasteiger partial charge in [0.05, 0.1) is 0 Å². The third-order valence-corrected chi connectivity index (χ3v) is 15.1. The maximum absolute atomic E-state index is 12.8. The summed E-state index contributed by atoms with van der Waals surface area (Å²) in [5.41, 5.74) is 1.77. The summed E-state index contributed by atoms with van der Waals surface area (Å²) in [5.74, 6) is 1.05. The van der Waals surface area contributed by atoms with Crippen LogP contribution in [0.2, 0.25) is 50.4 Å². The normalized spacial score (nSPS) is 34.6. The Kier molecular flexibility index (Phi) is 8.73. The predicted octanol–water partition coefficient (Wildman–Crippen LogP) is 6.33. The summed E-state index contributed by atoms with van der Waals surface area (Å²) in [6.45, 7) is 14.8. The molecule has 3 rings (SSSR count). The maximum atomic E-state index is 12.8. The van der Waals surface area contributed by atoms with Crippen molar-refractivity contribution in [1.82, 2.24) is 10.6 Å². The molecule has 2 amide bonds. The average Bonchev–Trinajstić information content (AvgIpc) is 2.74. The molecule has 4 nitrogen and oxygen atoms in total. The number of amides is 2. The quantitative estimate of drug-likeness (QED) is 0.438. The van der Waals surface area contributed by atoms with Gasteiger partial charge in [0.1, 0.15) is 0 Å². The standard InChI is InChI=1S/C26H50N2O2Si2/c1-31(2,3)23-15-7-19(8-16-23)25(29)27-21-11-13-22(14-12-21)28-26(30)20-9-17-24(18-10-20)32(4,5)6/h19-24H,7-18H2,1-6H3,(H,27,29)(H,28,30). The summed E-state index contributed by atoms with van der Waals surface area (Å²) >= 11 is 0. The van der Waals surface area contributed by atoms with Crippen LogP contribution in [-0.2, 0) is 9.59 Å². The molecule has 0 aromatic carbocycles. The minimum absolute atomic E-state index is 0.228. The molecule has 184 valence electrons. The van der Waals surface area contributed by atoms with Gasteiger partial charge in [0, 0.05) is 40.1 Å². The smallest absolute Gasteiger partial charge is 0.223 e. The molecule has 0 aliphatic heterocycles. The van der Waals surface area contributed by atoms with E-state index in [9.17, 15) is 9.59 Å². The van der Waals surface area contributed by atoms with Crippen molar-refractivity contribution in [2.24, 2.45) is 11.8 Å². The van der Waals surface area contributed by atoms with Crippen molar-refractivity contribution in [2.45, 2.75) is 139 Å². The molecular weight excluding hydrogens is 428 g/mol. The van der Waals surface area contributed by atoms with Gasteiger partial charge in [0.2, 0.25) is 11.8 Å². The van der Waals surface area contributed by atoms with Gasteiger partial charge in [0.15, 0.2) is 0 Å². The minimum atomic E-state index is -1.07. The molecular formula is C26H50N2O2Si2. The average molecular weight is 479 g/mol. The zero-order valence-electron chi connectivity index (χ0n) is 21.8. The van der Waals surface area contributed by atoms with E-state index in [4.69, 9.17) is 0 Å². The zero-order valence-corrected chi connectivity index (χ0v) is 23.8. The van der Waals surface area contributed by atoms with E-state index in [0.717, 1.165) is 62.4 Å². The summed E-state index contributed by atoms with van der Waals surface area (Å²) in [6.07, 6.45) is 13.3. The Morgan fingerprint density at radius 3 is 1.03 bits per heavy atom. The van der Waals surface area contributed by atoms with E-state index in [1.807, 2.05) is 0 Å². The first-order valence-electron chi connectivity index (χ1n) is 13.5. The molecule has 3 saturated carbocycles. The van der Waals surface area contributed by atoms with Gasteiger partial charge in [0.25, 0.3) is 0 Å². The van der Waals surface area contributed by atoms with E-state index in [-0.39, 0.29) is 11.8 Å². The Morgan fingerprint density at radius 2 is 0.781 bits per heavy atom. The van der Waals surface area contributed by atoms with Crippen molar-refractivity contribution in [3.8, 4) is 0 Å². The number of rotatable bonds is 6. The summed E-state index contributed by atoms with van der Waals surface area (Å²) in [5, 5.41) is 6.72. The van der Waals surface area contributed by atoms with Crippen LogP contribution in [-0.4, -0.2) is 40.0 Å². The van der Waals surface area contributed by atoms with Crippen molar-refractivity contribution in [2.75, 3.05) is 0 Å². The molecule has 0 bridgehead atoms. The molecule has 32 heavy (non-hydrogen) atoms. The maximum Gasteiger partial charge on any atom is 0.223 e. The Bertz CT molecular complexity index is 575. The van der Waals surface area contributed by atoms with Crippen molar-refractivity contribution >= 4 is 28.0 Å². The summed E-state index contributed by atoms with van der Waals surface area (Å²) in [7, 11) is -2.15. The largest absolute Gasteiger partial charge is 0.353 e. The van der Waals surface area contributed by atoms with E-state index in [0.29, 0.717) is 23.9 Å². The fraction of sp³-hybridized carbons (Fsp3) is 0.923. The highest BCUT2D eigenvalue weighted by Crippen LogP contribution is 2.40. The topological polar surface area (TPSA) is 58.2 Å². The molecule has 0 heterocycles. The van der Waals surface area contributed by atoms with Crippen LogP contribution in [0.3, 0.4) is 0 Å². The first-order valence-corrected chi connectivity index (χ1v) is 20.7. The van der Waals surface area contributed by atoms with Crippen LogP contribution in [0.25, 0.3) is 0 Å². The predicted molar refractivity (Wildman–Crippen MR) is 140 cm³/mol. The second-order valence-corrected chi connectivity index (χ2v) is 24.5. The molecule has 3 aliphatic rings. The lowest BCUT2D eigenvalue weighted by Crippen LogP contribution is -2.47. The second-order valence-electron chi connectivity index (χ2n) is 13.4. The summed E-state index contributed by atoms with van der Waals surface area (Å²) < 4.78 is 0. The van der Waals surface area contributed by atoms with Crippen LogP contribution in [0.15, 0.2) is 0 Å². The van der Waals surface area contributed by atoms with Crippen LogP contribution in [0, 0.1) is 11.8 Å². The minimum Gasteiger partial charge on any atom is -0.353 e. The number of nitrogens with one attached hydrogen (secondary N) is 2. The molecule has 0 unspecified atom stereocenters. The lowest BCUT2D eigenvalue weighted by atomic mass is 9.85. The molecule has 0 aromatic heterocycles. The highest BCUT2D eigenvalue weighted by Gasteiger charge is 2.36. The summed E-state index contributed by atoms with van der Waals surface area (Å²) in [6, 6.07) is 0.607. The van der Waals surface area contributed by atoms with Crippen molar-refractivity contribution in [3.63, 3.8) is 0 Å². The van der Waals surface area contributed by atoms with E-state index < -0.39 is 16.1 Å². The van der Waals surface area contributed by atoms with E-state index in [1.165, 1.54) is 25.7 Å². The van der Waals surface area contributed by atoms with Gasteiger partial charge in [-0.2, -0.15) is 0 Å². The SMILES string of the molecule is C[Si](C)(C)C1CCC(C(=O)NC2CCC(NC(=O)C3CCC([Si](C)(C)C)CC3)CC2)CC1. The van der Waals surface area contributed by atoms with Gasteiger partial charge < -0.3 is 10.6 Å². The van der Waals surface area contributed by atoms with Crippen molar-refractivity contribution < 1.29 is 9.59 Å². The van der Waals surface area contributed by atoms with Gasteiger partial charge in [-0.15, -0.1) is 0 Å². The molecule has 0 aromatic rings. The first kappa shape index (κ1) is 26.0. The number of hydrogen-bond donors (Lipinski definition) is 2. The third-order valence-electron chi connectivity index (χ3n) is 9.07. The van der Waals surface area contributed by atoms with Gasteiger partial charge in [-0.3, -0.25) is 9.59 Å².